The van der Waals surface area contributed by atoms with Gasteiger partial charge in [-0.2, -0.15) is 0 Å². The van der Waals surface area contributed by atoms with Crippen LogP contribution in [0.4, 0.5) is 5.82 Å². The van der Waals surface area contributed by atoms with E-state index in [1.54, 1.807) is 0 Å². The zero-order valence-electron chi connectivity index (χ0n) is 9.20. The first-order valence-electron chi connectivity index (χ1n) is 5.35. The number of nitrogens with zero attached hydrogens (tertiary/aromatic N) is 3. The quantitative estimate of drug-likeness (QED) is 0.773. The summed E-state index contributed by atoms with van der Waals surface area (Å²) in [6.07, 6.45) is 2.52. The second-order valence-electron chi connectivity index (χ2n) is 4.06. The van der Waals surface area contributed by atoms with E-state index >= 15 is 0 Å². The number of hydrogen-bond acceptors (Lipinski definition) is 3. The van der Waals surface area contributed by atoms with Gasteiger partial charge in [0.25, 0.3) is 0 Å². The minimum atomic E-state index is 0.596. The Balaban J connectivity index is 2.28. The maximum atomic E-state index is 4.51. The maximum absolute atomic E-state index is 4.51. The van der Waals surface area contributed by atoms with Gasteiger partial charge in [-0.15, -0.1) is 0 Å². The number of hydrogen-bond donors (Lipinski definition) is 0. The maximum Gasteiger partial charge on any atom is 0.132 e. The van der Waals surface area contributed by atoms with Crippen molar-refractivity contribution in [1.29, 1.82) is 0 Å². The van der Waals surface area contributed by atoms with E-state index < -0.39 is 0 Å². The van der Waals surface area contributed by atoms with Crippen LogP contribution in [0.2, 0.25) is 0 Å². The first-order valence-corrected chi connectivity index (χ1v) is 6.48. The molecule has 0 N–H and O–H groups in total. The average Bonchev–Trinajstić information content (AvgIpc) is 2.63. The molecule has 0 aliphatic carbocycles. The van der Waals surface area contributed by atoms with Crippen LogP contribution in [0.25, 0.3) is 0 Å². The third kappa shape index (κ3) is 2.30. The van der Waals surface area contributed by atoms with Crippen molar-refractivity contribution >= 4 is 21.7 Å². The lowest BCUT2D eigenvalue weighted by Crippen LogP contribution is -2.31. The van der Waals surface area contributed by atoms with Gasteiger partial charge < -0.3 is 4.90 Å². The lowest BCUT2D eigenvalue weighted by atomic mass is 10.2. The number of halogens is 1. The Morgan fingerprint density at radius 3 is 2.93 bits per heavy atom. The fourth-order valence-electron chi connectivity index (χ4n) is 2.14. The SMILES string of the molecule is Cc1cc(N2CCCC2CBr)nc(C)n1. The predicted octanol–water partition coefficient (Wildman–Crippen LogP) is 2.46. The molecule has 0 saturated carbocycles. The topological polar surface area (TPSA) is 29.0 Å². The summed E-state index contributed by atoms with van der Waals surface area (Å²) < 4.78 is 0. The van der Waals surface area contributed by atoms with Crippen molar-refractivity contribution < 1.29 is 0 Å². The van der Waals surface area contributed by atoms with Gasteiger partial charge in [-0.3, -0.25) is 0 Å². The fraction of sp³-hybridized carbons (Fsp3) is 0.636. The predicted molar refractivity (Wildman–Crippen MR) is 65.7 cm³/mol. The van der Waals surface area contributed by atoms with Crippen LogP contribution in [0.3, 0.4) is 0 Å². The van der Waals surface area contributed by atoms with E-state index in [0.29, 0.717) is 6.04 Å². The molecule has 1 saturated heterocycles. The molecule has 1 unspecified atom stereocenters. The molecule has 2 heterocycles. The first-order chi connectivity index (χ1) is 7.20. The van der Waals surface area contributed by atoms with E-state index in [4.69, 9.17) is 0 Å². The number of aromatic nitrogens is 2. The van der Waals surface area contributed by atoms with Crippen LogP contribution in [0, 0.1) is 13.8 Å². The molecule has 0 aromatic carbocycles. The van der Waals surface area contributed by atoms with Crippen LogP contribution in [-0.4, -0.2) is 27.9 Å². The zero-order valence-corrected chi connectivity index (χ0v) is 10.8. The van der Waals surface area contributed by atoms with Crippen LogP contribution in [0.15, 0.2) is 6.07 Å². The molecule has 3 nitrogen and oxygen atoms in total. The molecule has 1 fully saturated rings. The van der Waals surface area contributed by atoms with Crippen molar-refractivity contribution in [3.05, 3.63) is 17.6 Å². The minimum Gasteiger partial charge on any atom is -0.353 e. The molecule has 1 aromatic rings. The Bertz CT molecular complexity index is 333. The van der Waals surface area contributed by atoms with Crippen molar-refractivity contribution in [3.8, 4) is 0 Å². The summed E-state index contributed by atoms with van der Waals surface area (Å²) in [6.45, 7) is 5.10. The molecule has 0 radical (unpaired) electrons. The van der Waals surface area contributed by atoms with E-state index in [1.165, 1.54) is 12.8 Å². The molecule has 1 atom stereocenters. The van der Waals surface area contributed by atoms with E-state index in [1.807, 2.05) is 13.8 Å². The highest BCUT2D eigenvalue weighted by atomic mass is 79.9. The smallest absolute Gasteiger partial charge is 0.132 e. The molecule has 0 amide bonds. The standard InChI is InChI=1S/C11H16BrN3/c1-8-6-11(14-9(2)13-8)15-5-3-4-10(15)7-12/h6,10H,3-5,7H2,1-2H3. The Morgan fingerprint density at radius 2 is 2.27 bits per heavy atom. The van der Waals surface area contributed by atoms with Gasteiger partial charge in [0.1, 0.15) is 11.6 Å². The second-order valence-corrected chi connectivity index (χ2v) is 4.71. The molecule has 1 aromatic heterocycles. The van der Waals surface area contributed by atoms with E-state index in [0.717, 1.165) is 29.2 Å². The number of anilines is 1. The van der Waals surface area contributed by atoms with Gasteiger partial charge in [-0.05, 0) is 26.7 Å². The van der Waals surface area contributed by atoms with Crippen molar-refractivity contribution in [2.75, 3.05) is 16.8 Å². The molecule has 82 valence electrons. The average molecular weight is 270 g/mol. The summed E-state index contributed by atoms with van der Waals surface area (Å²) in [4.78, 5) is 11.2. The van der Waals surface area contributed by atoms with Gasteiger partial charge in [0.05, 0.1) is 0 Å². The Hall–Kier alpha value is -0.640. The summed E-state index contributed by atoms with van der Waals surface area (Å²) in [5.74, 6) is 1.95. The third-order valence-corrected chi connectivity index (χ3v) is 3.55. The molecule has 4 heteroatoms. The number of rotatable bonds is 2. The molecule has 0 bridgehead atoms. The van der Waals surface area contributed by atoms with E-state index in [2.05, 4.69) is 36.9 Å². The molecule has 2 rings (SSSR count). The molecule has 1 aliphatic heterocycles. The van der Waals surface area contributed by atoms with Crippen molar-refractivity contribution in [3.63, 3.8) is 0 Å². The molecule has 15 heavy (non-hydrogen) atoms. The molecular formula is C11H16BrN3. The largest absolute Gasteiger partial charge is 0.353 e. The highest BCUT2D eigenvalue weighted by molar-refractivity contribution is 9.09. The molecule has 1 aliphatic rings. The Labute approximate surface area is 99.0 Å². The third-order valence-electron chi connectivity index (χ3n) is 2.80. The van der Waals surface area contributed by atoms with Crippen LogP contribution in [-0.2, 0) is 0 Å². The van der Waals surface area contributed by atoms with Crippen molar-refractivity contribution in [1.82, 2.24) is 9.97 Å². The highest BCUT2D eigenvalue weighted by Gasteiger charge is 2.24. The van der Waals surface area contributed by atoms with Crippen LogP contribution >= 0.6 is 15.9 Å². The van der Waals surface area contributed by atoms with E-state index in [-0.39, 0.29) is 0 Å². The molecular weight excluding hydrogens is 254 g/mol. The van der Waals surface area contributed by atoms with Gasteiger partial charge in [0, 0.05) is 29.7 Å². The fourth-order valence-corrected chi connectivity index (χ4v) is 2.82. The first kappa shape index (κ1) is 10.9. The summed E-state index contributed by atoms with van der Waals surface area (Å²) in [7, 11) is 0. The van der Waals surface area contributed by atoms with Gasteiger partial charge in [-0.1, -0.05) is 15.9 Å². The highest BCUT2D eigenvalue weighted by Crippen LogP contribution is 2.25. The Morgan fingerprint density at radius 1 is 1.47 bits per heavy atom. The van der Waals surface area contributed by atoms with Gasteiger partial charge in [-0.25, -0.2) is 9.97 Å². The Kier molecular flexibility index (Phi) is 3.24. The van der Waals surface area contributed by atoms with E-state index in [9.17, 15) is 0 Å². The van der Waals surface area contributed by atoms with Crippen molar-refractivity contribution in [2.24, 2.45) is 0 Å². The van der Waals surface area contributed by atoms with Gasteiger partial charge in [0.15, 0.2) is 0 Å². The van der Waals surface area contributed by atoms with Crippen LogP contribution < -0.4 is 4.90 Å². The zero-order chi connectivity index (χ0) is 10.8. The monoisotopic (exact) mass is 269 g/mol. The summed E-state index contributed by atoms with van der Waals surface area (Å²) in [6, 6.07) is 2.67. The summed E-state index contributed by atoms with van der Waals surface area (Å²) in [5, 5.41) is 1.02. The van der Waals surface area contributed by atoms with Crippen LogP contribution in [0.1, 0.15) is 24.4 Å². The molecule has 0 spiro atoms. The van der Waals surface area contributed by atoms with Crippen LogP contribution in [0.5, 0.6) is 0 Å². The summed E-state index contributed by atoms with van der Waals surface area (Å²) in [5.41, 5.74) is 1.05. The van der Waals surface area contributed by atoms with Gasteiger partial charge >= 0.3 is 0 Å². The number of aryl methyl sites for hydroxylation is 2. The summed E-state index contributed by atoms with van der Waals surface area (Å²) >= 11 is 3.57. The lowest BCUT2D eigenvalue weighted by Gasteiger charge is -2.24. The normalized spacial score (nSPS) is 21.0. The van der Waals surface area contributed by atoms with Gasteiger partial charge in [0.2, 0.25) is 0 Å². The minimum absolute atomic E-state index is 0.596. The number of alkyl halides is 1. The van der Waals surface area contributed by atoms with Crippen molar-refractivity contribution in [2.45, 2.75) is 32.7 Å². The lowest BCUT2D eigenvalue weighted by molar-refractivity contribution is 0.737. The second kappa shape index (κ2) is 4.47.